The van der Waals surface area contributed by atoms with Crippen LogP contribution in [0.1, 0.15) is 80.4 Å². The van der Waals surface area contributed by atoms with Gasteiger partial charge in [0.25, 0.3) is 0 Å². The minimum absolute atomic E-state index is 0.725. The molecular weight excluding hydrogens is 384 g/mol. The fourth-order valence-electron chi connectivity index (χ4n) is 3.02. The lowest BCUT2D eigenvalue weighted by Crippen LogP contribution is -1.93. The van der Waals surface area contributed by atoms with Gasteiger partial charge in [0.05, 0.1) is 0 Å². The monoisotopic (exact) mass is 434 g/mol. The first kappa shape index (κ1) is 31.8. The van der Waals surface area contributed by atoms with Crippen molar-refractivity contribution >= 4 is 0 Å². The van der Waals surface area contributed by atoms with Crippen LogP contribution in [-0.2, 0) is 12.8 Å². The molecule has 0 aliphatic carbocycles. The van der Waals surface area contributed by atoms with Crippen LogP contribution in [0.5, 0.6) is 0 Å². The van der Waals surface area contributed by atoms with Crippen molar-refractivity contribution in [3.8, 4) is 11.1 Å². The molecule has 0 atom stereocenters. The van der Waals surface area contributed by atoms with Gasteiger partial charge in [-0.25, -0.2) is 0 Å². The van der Waals surface area contributed by atoms with Crippen molar-refractivity contribution in [2.75, 3.05) is 0 Å². The van der Waals surface area contributed by atoms with Crippen molar-refractivity contribution in [2.45, 2.75) is 82.1 Å². The maximum Gasteiger partial charge on any atom is -0.0184 e. The topological polar surface area (TPSA) is 0 Å². The summed E-state index contributed by atoms with van der Waals surface area (Å²) in [7, 11) is 0. The van der Waals surface area contributed by atoms with E-state index >= 15 is 0 Å². The highest BCUT2D eigenvalue weighted by atomic mass is 14.0. The van der Waals surface area contributed by atoms with Crippen molar-refractivity contribution in [2.24, 2.45) is 11.8 Å². The van der Waals surface area contributed by atoms with Gasteiger partial charge in [-0.15, -0.1) is 0 Å². The molecule has 0 fully saturated rings. The molecule has 178 valence electrons. The Balaban J connectivity index is 0. The Bertz CT molecular complexity index is 722. The first-order valence-corrected chi connectivity index (χ1v) is 12.7. The summed E-state index contributed by atoms with van der Waals surface area (Å²) < 4.78 is 0. The van der Waals surface area contributed by atoms with Gasteiger partial charge < -0.3 is 0 Å². The average molecular weight is 435 g/mol. The van der Waals surface area contributed by atoms with Gasteiger partial charge in [-0.05, 0) is 46.9 Å². The first-order valence-electron chi connectivity index (χ1n) is 12.7. The third-order valence-electron chi connectivity index (χ3n) is 4.19. The Morgan fingerprint density at radius 2 is 0.719 bits per heavy atom. The normalized spacial score (nSPS) is 9.12. The van der Waals surface area contributed by atoms with Gasteiger partial charge >= 0.3 is 0 Å². The Hall–Kier alpha value is -2.34. The van der Waals surface area contributed by atoms with Gasteiger partial charge in [-0.1, -0.05) is 154 Å². The highest BCUT2D eigenvalue weighted by molar-refractivity contribution is 5.63. The number of benzene rings is 3. The second-order valence-electron chi connectivity index (χ2n) is 7.74. The van der Waals surface area contributed by atoms with Gasteiger partial charge in [0.1, 0.15) is 0 Å². The van der Waals surface area contributed by atoms with E-state index in [0.29, 0.717) is 0 Å². The molecule has 0 saturated heterocycles. The molecule has 0 heterocycles. The molecule has 3 aromatic carbocycles. The van der Waals surface area contributed by atoms with E-state index in [1.54, 1.807) is 0 Å². The summed E-state index contributed by atoms with van der Waals surface area (Å²) in [6.07, 6.45) is 2.36. The fourth-order valence-corrected chi connectivity index (χ4v) is 3.02. The van der Waals surface area contributed by atoms with Gasteiger partial charge in [0.2, 0.25) is 0 Å². The summed E-state index contributed by atoms with van der Waals surface area (Å²) in [4.78, 5) is 0. The van der Waals surface area contributed by atoms with Crippen molar-refractivity contribution in [3.63, 3.8) is 0 Å². The van der Waals surface area contributed by atoms with E-state index in [1.807, 2.05) is 41.5 Å². The van der Waals surface area contributed by atoms with Crippen LogP contribution in [0.15, 0.2) is 84.9 Å². The third kappa shape index (κ3) is 15.5. The smallest absolute Gasteiger partial charge is 0.0184 e. The predicted octanol–water partition coefficient (Wildman–Crippen LogP) is 10.5. The van der Waals surface area contributed by atoms with Gasteiger partial charge in [-0.2, -0.15) is 0 Å². The first-order chi connectivity index (χ1) is 15.5. The molecule has 0 nitrogen and oxygen atoms in total. The molecule has 0 spiro atoms. The minimum atomic E-state index is 0.725. The van der Waals surface area contributed by atoms with Crippen LogP contribution in [-0.4, -0.2) is 0 Å². The van der Waals surface area contributed by atoms with Crippen molar-refractivity contribution in [3.05, 3.63) is 96.1 Å². The molecule has 0 aromatic heterocycles. The van der Waals surface area contributed by atoms with Crippen LogP contribution in [0.4, 0.5) is 0 Å². The average Bonchev–Trinajstić information content (AvgIpc) is 2.84. The summed E-state index contributed by atoms with van der Waals surface area (Å²) in [6.45, 7) is 21.0. The second-order valence-corrected chi connectivity index (χ2v) is 7.74. The highest BCUT2D eigenvalue weighted by Gasteiger charge is 1.99. The third-order valence-corrected chi connectivity index (χ3v) is 4.19. The van der Waals surface area contributed by atoms with E-state index in [4.69, 9.17) is 0 Å². The summed E-state index contributed by atoms with van der Waals surface area (Å²) in [5.74, 6) is 1.49. The molecule has 3 aromatic rings. The molecule has 3 rings (SSSR count). The van der Waals surface area contributed by atoms with Gasteiger partial charge in [0.15, 0.2) is 0 Å². The maximum atomic E-state index is 2.26. The highest BCUT2D eigenvalue weighted by Crippen LogP contribution is 2.20. The molecule has 0 heteroatoms. The molecule has 32 heavy (non-hydrogen) atoms. The molecule has 0 saturated carbocycles. The molecule has 0 N–H and O–H groups in total. The van der Waals surface area contributed by atoms with Crippen LogP contribution in [0.3, 0.4) is 0 Å². The molecular formula is C32H50. The van der Waals surface area contributed by atoms with Gasteiger partial charge in [-0.3, -0.25) is 0 Å². The SMILES string of the molecule is CC.CC.CC.CC(C)Cc1ccc(-c2ccccc2)cc1.CC(C)Cc1ccccc1. The van der Waals surface area contributed by atoms with Crippen LogP contribution in [0.2, 0.25) is 0 Å². The fraction of sp³-hybridized carbons (Fsp3) is 0.438. The Kier molecular flexibility index (Phi) is 21.8. The standard InChI is InChI=1S/C16H18.C10H14.3C2H6/c1-13(2)12-14-8-10-16(11-9-14)15-6-4-3-5-7-15;1-9(2)8-10-6-4-3-5-7-10;3*1-2/h3-11,13H,12H2,1-2H3;3-7,9H,8H2,1-2H3;3*1-2H3. The lowest BCUT2D eigenvalue weighted by molar-refractivity contribution is 0.647. The lowest BCUT2D eigenvalue weighted by atomic mass is 9.99. The summed E-state index contributed by atoms with van der Waals surface area (Å²) in [5, 5.41) is 0. The number of hydrogen-bond acceptors (Lipinski definition) is 0. The van der Waals surface area contributed by atoms with E-state index < -0.39 is 0 Å². The van der Waals surface area contributed by atoms with Crippen molar-refractivity contribution in [1.82, 2.24) is 0 Å². The van der Waals surface area contributed by atoms with Crippen molar-refractivity contribution in [1.29, 1.82) is 0 Å². The molecule has 0 aliphatic rings. The van der Waals surface area contributed by atoms with Crippen LogP contribution in [0.25, 0.3) is 11.1 Å². The minimum Gasteiger partial charge on any atom is -0.0683 e. The Labute approximate surface area is 201 Å². The second kappa shape index (κ2) is 21.9. The molecule has 0 unspecified atom stereocenters. The molecule has 0 amide bonds. The molecule has 0 aliphatic heterocycles. The predicted molar refractivity (Wildman–Crippen MR) is 149 cm³/mol. The van der Waals surface area contributed by atoms with Crippen molar-refractivity contribution < 1.29 is 0 Å². The zero-order valence-corrected chi connectivity index (χ0v) is 22.7. The zero-order valence-electron chi connectivity index (χ0n) is 22.7. The summed E-state index contributed by atoms with van der Waals surface area (Å²) in [5.41, 5.74) is 5.46. The van der Waals surface area contributed by atoms with Crippen LogP contribution < -0.4 is 0 Å². The van der Waals surface area contributed by atoms with E-state index in [-0.39, 0.29) is 0 Å². The van der Waals surface area contributed by atoms with E-state index in [9.17, 15) is 0 Å². The van der Waals surface area contributed by atoms with Crippen LogP contribution in [0, 0.1) is 11.8 Å². The largest absolute Gasteiger partial charge is 0.0683 e. The van der Waals surface area contributed by atoms with E-state index in [2.05, 4.69) is 113 Å². The Morgan fingerprint density at radius 3 is 1.09 bits per heavy atom. The quantitative estimate of drug-likeness (QED) is 0.374. The molecule has 0 bridgehead atoms. The summed E-state index contributed by atoms with van der Waals surface area (Å²) >= 11 is 0. The molecule has 0 radical (unpaired) electrons. The number of hydrogen-bond donors (Lipinski definition) is 0. The zero-order chi connectivity index (χ0) is 24.8. The summed E-state index contributed by atoms with van der Waals surface area (Å²) in [6, 6.07) is 30.0. The Morgan fingerprint density at radius 1 is 0.406 bits per heavy atom. The van der Waals surface area contributed by atoms with E-state index in [0.717, 1.165) is 18.3 Å². The number of rotatable bonds is 5. The van der Waals surface area contributed by atoms with Crippen LogP contribution >= 0.6 is 0 Å². The van der Waals surface area contributed by atoms with Gasteiger partial charge in [0, 0.05) is 0 Å². The lowest BCUT2D eigenvalue weighted by Gasteiger charge is -2.06. The van der Waals surface area contributed by atoms with E-state index in [1.165, 1.54) is 28.7 Å². The maximum absolute atomic E-state index is 2.26.